The van der Waals surface area contributed by atoms with E-state index in [4.69, 9.17) is 14.2 Å². The molecule has 1 saturated heterocycles. The van der Waals surface area contributed by atoms with Gasteiger partial charge in [-0.3, -0.25) is 4.90 Å². The third-order valence-electron chi connectivity index (χ3n) is 6.19. The van der Waals surface area contributed by atoms with Crippen LogP contribution in [0.4, 0.5) is 0 Å². The Hall–Kier alpha value is -2.24. The second kappa shape index (κ2) is 8.03. The zero-order chi connectivity index (χ0) is 22.4. The van der Waals surface area contributed by atoms with Gasteiger partial charge in [0.15, 0.2) is 11.5 Å². The van der Waals surface area contributed by atoms with E-state index in [0.717, 1.165) is 54.5 Å². The van der Waals surface area contributed by atoms with E-state index in [1.165, 1.54) is 5.56 Å². The number of morpholine rings is 1. The summed E-state index contributed by atoms with van der Waals surface area (Å²) in [7, 11) is 0. The molecule has 4 rings (SSSR count). The Kier molecular flexibility index (Phi) is 5.69. The second-order valence-electron chi connectivity index (χ2n) is 10.6. The van der Waals surface area contributed by atoms with Crippen molar-refractivity contribution in [2.75, 3.05) is 33.1 Å². The summed E-state index contributed by atoms with van der Waals surface area (Å²) >= 11 is 0. The SMILES string of the molecule is CC(C)(C)c1cc([C@H](c2ccc3c(c2)OCO3)N2CCOCC2)cc(C(C)(C)C)c1O. The lowest BCUT2D eigenvalue weighted by Gasteiger charge is -2.37. The van der Waals surface area contributed by atoms with Gasteiger partial charge in [-0.25, -0.2) is 0 Å². The molecule has 31 heavy (non-hydrogen) atoms. The summed E-state index contributed by atoms with van der Waals surface area (Å²) in [6.45, 7) is 16.4. The lowest BCUT2D eigenvalue weighted by atomic mass is 9.77. The van der Waals surface area contributed by atoms with Gasteiger partial charge in [-0.1, -0.05) is 47.6 Å². The van der Waals surface area contributed by atoms with Crippen LogP contribution in [0.3, 0.4) is 0 Å². The molecular weight excluding hydrogens is 390 g/mol. The van der Waals surface area contributed by atoms with Crippen LogP contribution >= 0.6 is 0 Å². The summed E-state index contributed by atoms with van der Waals surface area (Å²) in [6.07, 6.45) is 0. The van der Waals surface area contributed by atoms with Gasteiger partial charge >= 0.3 is 0 Å². The van der Waals surface area contributed by atoms with Crippen molar-refractivity contribution < 1.29 is 19.3 Å². The third-order valence-corrected chi connectivity index (χ3v) is 6.19. The monoisotopic (exact) mass is 425 g/mol. The predicted octanol–water partition coefficient (Wildman–Crippen LogP) is 5.14. The van der Waals surface area contributed by atoms with Crippen LogP contribution < -0.4 is 9.47 Å². The molecule has 0 unspecified atom stereocenters. The van der Waals surface area contributed by atoms with Crippen LogP contribution in [-0.2, 0) is 15.6 Å². The second-order valence-corrected chi connectivity index (χ2v) is 10.6. The molecule has 1 atom stereocenters. The van der Waals surface area contributed by atoms with Gasteiger partial charge in [0.2, 0.25) is 6.79 Å². The molecule has 0 amide bonds. The lowest BCUT2D eigenvalue weighted by molar-refractivity contribution is 0.0239. The third kappa shape index (κ3) is 4.39. The minimum atomic E-state index is -0.176. The van der Waals surface area contributed by atoms with E-state index in [1.54, 1.807) is 0 Å². The van der Waals surface area contributed by atoms with Crippen molar-refractivity contribution in [2.45, 2.75) is 58.4 Å². The van der Waals surface area contributed by atoms with E-state index in [0.29, 0.717) is 5.75 Å². The first-order chi connectivity index (χ1) is 14.6. The van der Waals surface area contributed by atoms with Gasteiger partial charge in [0, 0.05) is 13.1 Å². The summed E-state index contributed by atoms with van der Waals surface area (Å²) in [4.78, 5) is 2.46. The molecule has 0 spiro atoms. The molecule has 0 radical (unpaired) electrons. The number of phenols is 1. The van der Waals surface area contributed by atoms with E-state index in [2.05, 4.69) is 70.7 Å². The minimum Gasteiger partial charge on any atom is -0.507 e. The minimum absolute atomic E-state index is 0.0428. The summed E-state index contributed by atoms with van der Waals surface area (Å²) < 4.78 is 16.9. The van der Waals surface area contributed by atoms with Crippen LogP contribution in [0.25, 0.3) is 0 Å². The maximum atomic E-state index is 11.2. The average molecular weight is 426 g/mol. The van der Waals surface area contributed by atoms with Gasteiger partial charge in [0.1, 0.15) is 5.75 Å². The van der Waals surface area contributed by atoms with Gasteiger partial charge in [0.05, 0.1) is 19.3 Å². The standard InChI is InChI=1S/C26H35NO4/c1-25(2,3)19-13-18(14-20(24(19)28)26(4,5)6)23(27-9-11-29-12-10-27)17-7-8-21-22(15-17)31-16-30-21/h7-8,13-15,23,28H,9-12,16H2,1-6H3/t23-/m0/s1. The Balaban J connectivity index is 1.90. The number of fused-ring (bicyclic) bond motifs is 1. The van der Waals surface area contributed by atoms with E-state index < -0.39 is 0 Å². The maximum Gasteiger partial charge on any atom is 0.231 e. The molecule has 168 valence electrons. The highest BCUT2D eigenvalue weighted by Gasteiger charge is 2.32. The van der Waals surface area contributed by atoms with Crippen molar-refractivity contribution in [2.24, 2.45) is 0 Å². The fourth-order valence-electron chi connectivity index (χ4n) is 4.49. The van der Waals surface area contributed by atoms with E-state index in [9.17, 15) is 5.11 Å². The number of ether oxygens (including phenoxy) is 3. The predicted molar refractivity (Wildman–Crippen MR) is 122 cm³/mol. The first-order valence-electron chi connectivity index (χ1n) is 11.1. The smallest absolute Gasteiger partial charge is 0.231 e. The van der Waals surface area contributed by atoms with Crippen LogP contribution in [0, 0.1) is 0 Å². The highest BCUT2D eigenvalue weighted by molar-refractivity contribution is 5.53. The summed E-state index contributed by atoms with van der Waals surface area (Å²) in [5.74, 6) is 2.00. The first kappa shape index (κ1) is 22.0. The van der Waals surface area contributed by atoms with E-state index in [1.807, 2.05) is 6.07 Å². The first-order valence-corrected chi connectivity index (χ1v) is 11.1. The summed E-state index contributed by atoms with van der Waals surface area (Å²) in [5, 5.41) is 11.2. The van der Waals surface area contributed by atoms with Crippen LogP contribution in [0.5, 0.6) is 17.2 Å². The Morgan fingerprint density at radius 2 is 1.39 bits per heavy atom. The van der Waals surface area contributed by atoms with Gasteiger partial charge in [0.25, 0.3) is 0 Å². The largest absolute Gasteiger partial charge is 0.507 e. The Labute approximate surface area is 185 Å². The molecule has 2 aromatic carbocycles. The number of hydrogen-bond donors (Lipinski definition) is 1. The number of phenolic OH excluding ortho intramolecular Hbond substituents is 1. The zero-order valence-corrected chi connectivity index (χ0v) is 19.6. The van der Waals surface area contributed by atoms with Crippen LogP contribution in [0.15, 0.2) is 30.3 Å². The molecular formula is C26H35NO4. The molecule has 0 saturated carbocycles. The molecule has 5 heteroatoms. The van der Waals surface area contributed by atoms with Crippen molar-refractivity contribution in [3.05, 3.63) is 52.6 Å². The van der Waals surface area contributed by atoms with Gasteiger partial charge < -0.3 is 19.3 Å². The van der Waals surface area contributed by atoms with Crippen molar-refractivity contribution in [1.29, 1.82) is 0 Å². The van der Waals surface area contributed by atoms with Crippen molar-refractivity contribution in [3.8, 4) is 17.2 Å². The molecule has 2 heterocycles. The van der Waals surface area contributed by atoms with Gasteiger partial charge in [-0.05, 0) is 57.3 Å². The Morgan fingerprint density at radius 3 is 1.97 bits per heavy atom. The number of rotatable bonds is 3. The van der Waals surface area contributed by atoms with Crippen molar-refractivity contribution in [1.82, 2.24) is 4.90 Å². The van der Waals surface area contributed by atoms with Crippen LogP contribution in [0.2, 0.25) is 0 Å². The summed E-state index contributed by atoms with van der Waals surface area (Å²) in [6, 6.07) is 10.7. The highest BCUT2D eigenvalue weighted by Crippen LogP contribution is 2.44. The lowest BCUT2D eigenvalue weighted by Crippen LogP contribution is -2.39. The maximum absolute atomic E-state index is 11.2. The number of nitrogens with zero attached hydrogens (tertiary/aromatic N) is 1. The number of aromatic hydroxyl groups is 1. The molecule has 2 aliphatic rings. The molecule has 0 aliphatic carbocycles. The van der Waals surface area contributed by atoms with E-state index in [-0.39, 0.29) is 23.7 Å². The summed E-state index contributed by atoms with van der Waals surface area (Å²) in [5.41, 5.74) is 3.96. The number of hydrogen-bond acceptors (Lipinski definition) is 5. The zero-order valence-electron chi connectivity index (χ0n) is 19.6. The molecule has 0 aromatic heterocycles. The highest BCUT2D eigenvalue weighted by atomic mass is 16.7. The Bertz CT molecular complexity index is 914. The van der Waals surface area contributed by atoms with Crippen molar-refractivity contribution in [3.63, 3.8) is 0 Å². The molecule has 2 aromatic rings. The van der Waals surface area contributed by atoms with Crippen LogP contribution in [-0.4, -0.2) is 43.1 Å². The molecule has 0 bridgehead atoms. The fourth-order valence-corrected chi connectivity index (χ4v) is 4.49. The fraction of sp³-hybridized carbons (Fsp3) is 0.538. The van der Waals surface area contributed by atoms with Gasteiger partial charge in [-0.15, -0.1) is 0 Å². The topological polar surface area (TPSA) is 51.2 Å². The van der Waals surface area contributed by atoms with Crippen molar-refractivity contribution >= 4 is 0 Å². The van der Waals surface area contributed by atoms with Crippen LogP contribution in [0.1, 0.15) is 69.8 Å². The number of benzene rings is 2. The molecule has 1 N–H and O–H groups in total. The molecule has 2 aliphatic heterocycles. The average Bonchev–Trinajstić information content (AvgIpc) is 3.16. The molecule has 1 fully saturated rings. The normalized spacial score (nSPS) is 18.3. The Morgan fingerprint density at radius 1 is 0.806 bits per heavy atom. The van der Waals surface area contributed by atoms with Gasteiger partial charge in [-0.2, -0.15) is 0 Å². The quantitative estimate of drug-likeness (QED) is 0.738. The van der Waals surface area contributed by atoms with E-state index >= 15 is 0 Å². The molecule has 5 nitrogen and oxygen atoms in total.